The van der Waals surface area contributed by atoms with Gasteiger partial charge < -0.3 is 14.1 Å². The van der Waals surface area contributed by atoms with E-state index in [4.69, 9.17) is 8.95 Å². The van der Waals surface area contributed by atoms with Gasteiger partial charge in [-0.1, -0.05) is 38.1 Å². The average Bonchev–Trinajstić information content (AvgIpc) is 3.03. The minimum atomic E-state index is -4.55. The Balaban J connectivity index is 2.19. The van der Waals surface area contributed by atoms with Crippen molar-refractivity contribution in [3.8, 4) is 28.0 Å². The van der Waals surface area contributed by atoms with Crippen molar-refractivity contribution in [3.05, 3.63) is 59.0 Å². The molecule has 0 aliphatic heterocycles. The molecule has 1 N–H and O–H groups in total. The van der Waals surface area contributed by atoms with Gasteiger partial charge in [0.15, 0.2) is 0 Å². The van der Waals surface area contributed by atoms with Crippen molar-refractivity contribution >= 4 is 8.32 Å². The van der Waals surface area contributed by atoms with Gasteiger partial charge in [0.1, 0.15) is 11.5 Å². The fourth-order valence-corrected chi connectivity index (χ4v) is 4.54. The van der Waals surface area contributed by atoms with Crippen LogP contribution in [0.25, 0.3) is 22.3 Å². The number of aliphatic hydroxyl groups excluding tert-OH is 1. The highest BCUT2D eigenvalue weighted by atomic mass is 28.4. The Labute approximate surface area is 193 Å². The lowest BCUT2D eigenvalue weighted by Crippen LogP contribution is -2.43. The standard InChI is InChI=1S/C25H30F3NO3Si/c1-15-22(16(2)31-29-15)23-18(14-30)12-19(25(26,27)28)13-21(23)17-8-10-20(11-9-17)32-33(6,7)24(3,4)5/h8-13,30H,14H2,1-7H3. The Hall–Kier alpha value is -2.58. The summed E-state index contributed by atoms with van der Waals surface area (Å²) in [6, 6.07) is 9.17. The quantitative estimate of drug-likeness (QED) is 0.386. The maximum absolute atomic E-state index is 13.7. The number of aryl methyl sites for hydroxylation is 2. The van der Waals surface area contributed by atoms with E-state index in [1.165, 1.54) is 0 Å². The van der Waals surface area contributed by atoms with E-state index in [1.807, 2.05) is 0 Å². The molecular weight excluding hydrogens is 447 g/mol. The minimum absolute atomic E-state index is 0.0131. The summed E-state index contributed by atoms with van der Waals surface area (Å²) in [5.41, 5.74) is 1.88. The summed E-state index contributed by atoms with van der Waals surface area (Å²) in [4.78, 5) is 0. The summed E-state index contributed by atoms with van der Waals surface area (Å²) in [6.07, 6.45) is -4.55. The van der Waals surface area contributed by atoms with Gasteiger partial charge in [-0.05, 0) is 72.9 Å². The summed E-state index contributed by atoms with van der Waals surface area (Å²) < 4.78 is 52.6. The number of hydrogen-bond donors (Lipinski definition) is 1. The topological polar surface area (TPSA) is 55.5 Å². The largest absolute Gasteiger partial charge is 0.544 e. The molecule has 8 heteroatoms. The molecule has 0 aliphatic carbocycles. The van der Waals surface area contributed by atoms with Gasteiger partial charge in [0.05, 0.1) is 17.9 Å². The molecule has 0 bridgehead atoms. The molecule has 0 saturated heterocycles. The van der Waals surface area contributed by atoms with E-state index in [2.05, 4.69) is 39.0 Å². The van der Waals surface area contributed by atoms with Crippen molar-refractivity contribution in [2.45, 2.75) is 65.5 Å². The molecule has 0 amide bonds. The first-order valence-corrected chi connectivity index (χ1v) is 13.6. The lowest BCUT2D eigenvalue weighted by molar-refractivity contribution is -0.137. The highest BCUT2D eigenvalue weighted by molar-refractivity contribution is 6.74. The summed E-state index contributed by atoms with van der Waals surface area (Å²) in [7, 11) is -2.06. The molecule has 0 radical (unpaired) electrons. The first-order chi connectivity index (χ1) is 15.2. The molecule has 0 spiro atoms. The van der Waals surface area contributed by atoms with Gasteiger partial charge in [0, 0.05) is 11.1 Å². The van der Waals surface area contributed by atoms with Crippen molar-refractivity contribution in [2.24, 2.45) is 0 Å². The summed E-state index contributed by atoms with van der Waals surface area (Å²) in [6.45, 7) is 13.6. The Kier molecular flexibility index (Phi) is 6.56. The van der Waals surface area contributed by atoms with Crippen molar-refractivity contribution in [3.63, 3.8) is 0 Å². The fourth-order valence-electron chi connectivity index (χ4n) is 3.50. The van der Waals surface area contributed by atoms with E-state index in [1.54, 1.807) is 38.1 Å². The predicted molar refractivity (Wildman–Crippen MR) is 126 cm³/mol. The number of benzene rings is 2. The number of aromatic nitrogens is 1. The zero-order valence-corrected chi connectivity index (χ0v) is 21.0. The maximum Gasteiger partial charge on any atom is 0.416 e. The second kappa shape index (κ2) is 8.65. The molecule has 2 aromatic carbocycles. The molecule has 0 unspecified atom stereocenters. The first-order valence-electron chi connectivity index (χ1n) is 10.7. The second-order valence-corrected chi connectivity index (χ2v) is 14.5. The molecule has 4 nitrogen and oxygen atoms in total. The number of aliphatic hydroxyl groups is 1. The zero-order valence-electron chi connectivity index (χ0n) is 20.0. The number of rotatable bonds is 5. The van der Waals surface area contributed by atoms with Crippen LogP contribution in [0.15, 0.2) is 40.9 Å². The second-order valence-electron chi connectivity index (χ2n) is 9.80. The summed E-state index contributed by atoms with van der Waals surface area (Å²) >= 11 is 0. The average molecular weight is 478 g/mol. The van der Waals surface area contributed by atoms with E-state index in [0.717, 1.165) is 12.1 Å². The molecule has 0 atom stereocenters. The monoisotopic (exact) mass is 477 g/mol. The molecule has 1 aromatic heterocycles. The third kappa shape index (κ3) is 5.01. The van der Waals surface area contributed by atoms with Gasteiger partial charge >= 0.3 is 6.18 Å². The molecule has 3 rings (SSSR count). The van der Waals surface area contributed by atoms with Crippen LogP contribution in [0.3, 0.4) is 0 Å². The number of alkyl halides is 3. The van der Waals surface area contributed by atoms with Crippen LogP contribution in [0, 0.1) is 13.8 Å². The Bertz CT molecular complexity index is 1120. The van der Waals surface area contributed by atoms with Crippen LogP contribution in [-0.2, 0) is 12.8 Å². The molecule has 1 heterocycles. The molecule has 3 aromatic rings. The number of nitrogens with zero attached hydrogens (tertiary/aromatic N) is 1. The Morgan fingerprint density at radius 1 is 1.00 bits per heavy atom. The van der Waals surface area contributed by atoms with Gasteiger partial charge in [-0.3, -0.25) is 0 Å². The normalized spacial score (nSPS) is 12.8. The highest BCUT2D eigenvalue weighted by Gasteiger charge is 2.39. The van der Waals surface area contributed by atoms with Crippen LogP contribution >= 0.6 is 0 Å². The van der Waals surface area contributed by atoms with Crippen LogP contribution in [0.4, 0.5) is 13.2 Å². The van der Waals surface area contributed by atoms with Gasteiger partial charge in [-0.15, -0.1) is 0 Å². The fraction of sp³-hybridized carbons (Fsp3) is 0.400. The van der Waals surface area contributed by atoms with Gasteiger partial charge in [0.25, 0.3) is 0 Å². The molecule has 0 aliphatic rings. The van der Waals surface area contributed by atoms with E-state index < -0.39 is 26.7 Å². The van der Waals surface area contributed by atoms with Crippen molar-refractivity contribution < 1.29 is 27.2 Å². The van der Waals surface area contributed by atoms with Gasteiger partial charge in [0.2, 0.25) is 8.32 Å². The predicted octanol–water partition coefficient (Wildman–Crippen LogP) is 7.52. The molecular formula is C25H30F3NO3Si. The maximum atomic E-state index is 13.7. The summed E-state index contributed by atoms with van der Waals surface area (Å²) in [5.74, 6) is 1.15. The molecule has 33 heavy (non-hydrogen) atoms. The smallest absolute Gasteiger partial charge is 0.416 e. The molecule has 0 fully saturated rings. The van der Waals surface area contributed by atoms with E-state index in [-0.39, 0.29) is 10.6 Å². The third-order valence-corrected chi connectivity index (χ3v) is 10.7. The van der Waals surface area contributed by atoms with Gasteiger partial charge in [-0.2, -0.15) is 13.2 Å². The van der Waals surface area contributed by atoms with Gasteiger partial charge in [-0.25, -0.2) is 0 Å². The highest BCUT2D eigenvalue weighted by Crippen LogP contribution is 2.43. The summed E-state index contributed by atoms with van der Waals surface area (Å²) in [5, 5.41) is 13.9. The van der Waals surface area contributed by atoms with Crippen molar-refractivity contribution in [1.82, 2.24) is 5.16 Å². The van der Waals surface area contributed by atoms with Crippen LogP contribution in [-0.4, -0.2) is 18.6 Å². The van der Waals surface area contributed by atoms with E-state index in [9.17, 15) is 18.3 Å². The zero-order chi connectivity index (χ0) is 24.8. The lowest BCUT2D eigenvalue weighted by Gasteiger charge is -2.36. The minimum Gasteiger partial charge on any atom is -0.544 e. The Morgan fingerprint density at radius 2 is 1.61 bits per heavy atom. The van der Waals surface area contributed by atoms with Crippen LogP contribution < -0.4 is 4.43 Å². The van der Waals surface area contributed by atoms with Crippen molar-refractivity contribution in [2.75, 3.05) is 0 Å². The SMILES string of the molecule is Cc1noc(C)c1-c1c(CO)cc(C(F)(F)F)cc1-c1ccc(O[Si](C)(C)C(C)(C)C)cc1. The van der Waals surface area contributed by atoms with Crippen LogP contribution in [0.1, 0.15) is 43.4 Å². The number of hydrogen-bond acceptors (Lipinski definition) is 4. The lowest BCUT2D eigenvalue weighted by atomic mass is 9.88. The van der Waals surface area contributed by atoms with Crippen molar-refractivity contribution in [1.29, 1.82) is 0 Å². The van der Waals surface area contributed by atoms with Crippen LogP contribution in [0.5, 0.6) is 5.75 Å². The third-order valence-electron chi connectivity index (χ3n) is 6.35. The Morgan fingerprint density at radius 3 is 2.06 bits per heavy atom. The molecule has 0 saturated carbocycles. The number of halogens is 3. The van der Waals surface area contributed by atoms with E-state index >= 15 is 0 Å². The molecule has 178 valence electrons. The first kappa shape index (κ1) is 25.0. The van der Waals surface area contributed by atoms with Crippen LogP contribution in [0.2, 0.25) is 18.1 Å². The van der Waals surface area contributed by atoms with E-state index in [0.29, 0.717) is 39.5 Å².